The van der Waals surface area contributed by atoms with Gasteiger partial charge in [-0.25, -0.2) is 0 Å². The molecule has 0 aromatic heterocycles. The van der Waals surface area contributed by atoms with Crippen LogP contribution in [0, 0.1) is 13.8 Å². The first-order chi connectivity index (χ1) is 16.7. The molecule has 4 rings (SSSR count). The van der Waals surface area contributed by atoms with Crippen molar-refractivity contribution in [1.29, 1.82) is 0 Å². The molecule has 0 aliphatic rings. The van der Waals surface area contributed by atoms with Crippen LogP contribution in [0.3, 0.4) is 0 Å². The van der Waals surface area contributed by atoms with Gasteiger partial charge in [0, 0.05) is 0 Å². The molecule has 0 saturated carbocycles. The molecule has 4 aromatic rings. The van der Waals surface area contributed by atoms with Crippen LogP contribution in [0.4, 0.5) is 0 Å². The summed E-state index contributed by atoms with van der Waals surface area (Å²) >= 11 is 1.74. The van der Waals surface area contributed by atoms with E-state index in [0.29, 0.717) is 23.7 Å². The number of benzene rings is 2. The molecular formula is C34H48ClSiZr-3. The summed E-state index contributed by atoms with van der Waals surface area (Å²) < 4.78 is 0. The third-order valence-corrected chi connectivity index (χ3v) is 6.62. The molecule has 4 aromatic carbocycles. The van der Waals surface area contributed by atoms with Crippen molar-refractivity contribution >= 4 is 27.0 Å². The van der Waals surface area contributed by atoms with Gasteiger partial charge >= 0.3 is 41.9 Å². The molecule has 0 amide bonds. The van der Waals surface area contributed by atoms with Crippen LogP contribution in [-0.2, 0) is 23.3 Å². The monoisotopic (exact) mass is 609 g/mol. The molecule has 0 aliphatic carbocycles. The zero-order valence-electron chi connectivity index (χ0n) is 25.3. The summed E-state index contributed by atoms with van der Waals surface area (Å²) in [6.45, 7) is 27.2. The minimum atomic E-state index is 0. The van der Waals surface area contributed by atoms with E-state index in [-0.39, 0.29) is 17.8 Å². The van der Waals surface area contributed by atoms with E-state index in [4.69, 9.17) is 0 Å². The third-order valence-electron chi connectivity index (χ3n) is 6.62. The van der Waals surface area contributed by atoms with E-state index in [1.807, 2.05) is 0 Å². The summed E-state index contributed by atoms with van der Waals surface area (Å²) in [6, 6.07) is 18.7. The first kappa shape index (κ1) is 34.1. The van der Waals surface area contributed by atoms with Crippen molar-refractivity contribution in [3.05, 3.63) is 81.9 Å². The molecular weight excluding hydrogens is 563 g/mol. The van der Waals surface area contributed by atoms with Gasteiger partial charge in [0.15, 0.2) is 0 Å². The number of fused-ring (bicyclic) bond motifs is 2. The van der Waals surface area contributed by atoms with E-state index in [1.54, 1.807) is 23.3 Å². The van der Waals surface area contributed by atoms with Crippen molar-refractivity contribution in [2.75, 3.05) is 0 Å². The van der Waals surface area contributed by atoms with Gasteiger partial charge < -0.3 is 12.4 Å². The molecule has 0 bridgehead atoms. The molecule has 0 unspecified atom stereocenters. The van der Waals surface area contributed by atoms with Crippen molar-refractivity contribution in [1.82, 2.24) is 0 Å². The third kappa shape index (κ3) is 9.63. The van der Waals surface area contributed by atoms with Gasteiger partial charge in [0.1, 0.15) is 0 Å². The summed E-state index contributed by atoms with van der Waals surface area (Å²) in [5.41, 5.74) is 8.87. The van der Waals surface area contributed by atoms with Gasteiger partial charge in [0.05, 0.1) is 0 Å². The fraction of sp³-hybridized carbons (Fsp3) is 0.471. The molecule has 0 aliphatic heterocycles. The largest absolute Gasteiger partial charge is 1.00 e. The van der Waals surface area contributed by atoms with Crippen molar-refractivity contribution in [3.63, 3.8) is 0 Å². The Labute approximate surface area is 249 Å². The number of hydrogen-bond donors (Lipinski definition) is 0. The summed E-state index contributed by atoms with van der Waals surface area (Å²) in [7, 11) is 0. The fourth-order valence-electron chi connectivity index (χ4n) is 4.67. The maximum Gasteiger partial charge on any atom is -0.0306 e. The van der Waals surface area contributed by atoms with E-state index in [1.165, 1.54) is 54.9 Å². The van der Waals surface area contributed by atoms with Crippen molar-refractivity contribution < 1.29 is 35.7 Å². The second-order valence-electron chi connectivity index (χ2n) is 11.9. The van der Waals surface area contributed by atoms with Crippen LogP contribution in [0.25, 0.3) is 21.5 Å². The van der Waals surface area contributed by atoms with E-state index in [9.17, 15) is 0 Å². The Bertz CT molecular complexity index is 1200. The molecule has 0 heterocycles. The van der Waals surface area contributed by atoms with Gasteiger partial charge in [-0.3, -0.25) is 0 Å². The molecule has 3 heteroatoms. The minimum absolute atomic E-state index is 0. The van der Waals surface area contributed by atoms with Gasteiger partial charge in [0.25, 0.3) is 0 Å². The zero-order valence-corrected chi connectivity index (χ0v) is 29.5. The summed E-state index contributed by atoms with van der Waals surface area (Å²) in [4.78, 5) is 0. The first-order valence-corrected chi connectivity index (χ1v) is 19.8. The van der Waals surface area contributed by atoms with Crippen LogP contribution in [0.5, 0.6) is 0 Å². The Morgan fingerprint density at radius 1 is 0.568 bits per heavy atom. The summed E-state index contributed by atoms with van der Waals surface area (Å²) in [5, 5.41) is 5.70. The van der Waals surface area contributed by atoms with Crippen LogP contribution in [0.1, 0.15) is 112 Å². The Balaban J connectivity index is 0.000000316. The van der Waals surface area contributed by atoms with Crippen LogP contribution in [-0.4, -0.2) is 5.43 Å². The van der Waals surface area contributed by atoms with Gasteiger partial charge in [0.2, 0.25) is 0 Å². The topological polar surface area (TPSA) is 0 Å². The average Bonchev–Trinajstić information content (AvgIpc) is 3.32. The maximum atomic E-state index is 2.39. The molecule has 0 saturated heterocycles. The van der Waals surface area contributed by atoms with Crippen molar-refractivity contribution in [2.24, 2.45) is 0 Å². The number of aryl methyl sites for hydroxylation is 2. The summed E-state index contributed by atoms with van der Waals surface area (Å²) in [5.74, 6) is 2.42. The average molecular weight is 612 g/mol. The van der Waals surface area contributed by atoms with Crippen LogP contribution < -0.4 is 12.4 Å². The number of halogens is 1. The SMILES string of the molecule is C[Si](C)=[Zr].Cc1cc2c(C(C)C)cc(C(C)C)cc2[cH-]1.Cc1cc2c(C(C)C)cc(C(C)C)cc2[cH-]1.[Cl-]. The van der Waals surface area contributed by atoms with Crippen molar-refractivity contribution in [3.8, 4) is 0 Å². The minimum Gasteiger partial charge on any atom is -1.00 e. The van der Waals surface area contributed by atoms with Crippen LogP contribution >= 0.6 is 0 Å². The maximum absolute atomic E-state index is 2.39. The predicted octanol–water partition coefficient (Wildman–Crippen LogP) is 8.02. The molecule has 202 valence electrons. The number of rotatable bonds is 4. The molecule has 0 spiro atoms. The smallest absolute Gasteiger partial charge is 0.0306 e. The molecule has 0 atom stereocenters. The van der Waals surface area contributed by atoms with Crippen LogP contribution in [0.15, 0.2) is 48.5 Å². The van der Waals surface area contributed by atoms with E-state index in [0.717, 1.165) is 0 Å². The predicted molar refractivity (Wildman–Crippen MR) is 162 cm³/mol. The molecule has 0 N–H and O–H groups in total. The molecule has 37 heavy (non-hydrogen) atoms. The van der Waals surface area contributed by atoms with E-state index in [2.05, 4.69) is 131 Å². The second-order valence-corrected chi connectivity index (χ2v) is 21.3. The zero-order chi connectivity index (χ0) is 27.3. The number of hydrogen-bond acceptors (Lipinski definition) is 0. The molecule has 0 nitrogen and oxygen atoms in total. The van der Waals surface area contributed by atoms with Gasteiger partial charge in [-0.05, 0) is 23.7 Å². The van der Waals surface area contributed by atoms with E-state index >= 15 is 0 Å². The Morgan fingerprint density at radius 3 is 1.11 bits per heavy atom. The standard InChI is InChI=1S/2C16H21.C2H6Si.ClH.Zr/c2*1-10(2)13-8-14-6-12(5)7-16(14)15(9-13)11(3)4;1-3-2;;/h2*6-11H,1-5H3;1-2H3;1H;/q2*-1;;;/p-1. The fourth-order valence-corrected chi connectivity index (χ4v) is 4.67. The Morgan fingerprint density at radius 2 is 0.865 bits per heavy atom. The Kier molecular flexibility index (Phi) is 13.8. The normalized spacial score (nSPS) is 11.0. The summed E-state index contributed by atoms with van der Waals surface area (Å²) in [6.07, 6.45) is 0. The van der Waals surface area contributed by atoms with Gasteiger partial charge in [-0.15, -0.1) is 56.9 Å². The van der Waals surface area contributed by atoms with Gasteiger partial charge in [-0.1, -0.05) is 104 Å². The van der Waals surface area contributed by atoms with E-state index < -0.39 is 0 Å². The van der Waals surface area contributed by atoms with Gasteiger partial charge in [-0.2, -0.15) is 12.1 Å². The second kappa shape index (κ2) is 15.0. The molecule has 0 radical (unpaired) electrons. The Hall–Kier alpha value is -0.950. The molecule has 0 fully saturated rings. The van der Waals surface area contributed by atoms with Crippen LogP contribution in [0.2, 0.25) is 13.1 Å². The van der Waals surface area contributed by atoms with Crippen molar-refractivity contribution in [2.45, 2.75) is 106 Å². The first-order valence-electron chi connectivity index (χ1n) is 13.6. The quantitative estimate of drug-likeness (QED) is 0.162.